The molecule has 3 fully saturated rings. The zero-order valence-electron chi connectivity index (χ0n) is 13.5. The molecule has 1 heterocycles. The van der Waals surface area contributed by atoms with Crippen LogP contribution in [0.15, 0.2) is 0 Å². The van der Waals surface area contributed by atoms with Crippen LogP contribution in [0.25, 0.3) is 0 Å². The Morgan fingerprint density at radius 3 is 2.43 bits per heavy atom. The number of carbonyl (C=O) groups is 2. The molecule has 2 aliphatic carbocycles. The van der Waals surface area contributed by atoms with E-state index in [-0.39, 0.29) is 23.8 Å². The second-order valence-corrected chi connectivity index (χ2v) is 7.74. The average molecular weight is 292 g/mol. The van der Waals surface area contributed by atoms with Crippen molar-refractivity contribution in [2.24, 2.45) is 17.8 Å². The number of nitrogens with one attached hydrogen (secondary N) is 1. The van der Waals surface area contributed by atoms with Crippen molar-refractivity contribution in [2.45, 2.75) is 70.9 Å². The molecular weight excluding hydrogens is 264 g/mol. The Bertz CT molecular complexity index is 440. The zero-order chi connectivity index (χ0) is 15.2. The predicted octanol–water partition coefficient (Wildman–Crippen LogP) is 2.33. The number of piperazine rings is 1. The molecule has 3 rings (SSSR count). The maximum absolute atomic E-state index is 13.0. The predicted molar refractivity (Wildman–Crippen MR) is 81.6 cm³/mol. The molecule has 0 aromatic heterocycles. The lowest BCUT2D eigenvalue weighted by molar-refractivity contribution is -0.157. The summed E-state index contributed by atoms with van der Waals surface area (Å²) in [7, 11) is 0. The Balaban J connectivity index is 1.74. The normalized spacial score (nSPS) is 33.5. The Labute approximate surface area is 127 Å². The van der Waals surface area contributed by atoms with Gasteiger partial charge in [0.1, 0.15) is 11.6 Å². The van der Waals surface area contributed by atoms with Crippen molar-refractivity contribution in [1.29, 1.82) is 0 Å². The standard InChI is InChI=1S/C17H28N2O2/c1-11(2)14-15(20)18-17(3,13-8-9-13)16(21)19(14)10-4-5-12-6-7-12/h11-14H,4-10H2,1-3H3,(H,18,20). The lowest BCUT2D eigenvalue weighted by atomic mass is 9.86. The molecular formula is C17H28N2O2. The molecule has 2 saturated carbocycles. The highest BCUT2D eigenvalue weighted by Crippen LogP contribution is 2.43. The van der Waals surface area contributed by atoms with Crippen molar-refractivity contribution < 1.29 is 9.59 Å². The Kier molecular flexibility index (Phi) is 3.74. The first-order valence-corrected chi connectivity index (χ1v) is 8.56. The van der Waals surface area contributed by atoms with Crippen LogP contribution in [0.3, 0.4) is 0 Å². The van der Waals surface area contributed by atoms with E-state index in [0.717, 1.165) is 31.7 Å². The summed E-state index contributed by atoms with van der Waals surface area (Å²) in [4.78, 5) is 27.4. The van der Waals surface area contributed by atoms with Gasteiger partial charge < -0.3 is 10.2 Å². The van der Waals surface area contributed by atoms with Crippen molar-refractivity contribution in [2.75, 3.05) is 6.54 Å². The lowest BCUT2D eigenvalue weighted by Gasteiger charge is -2.46. The van der Waals surface area contributed by atoms with Gasteiger partial charge in [0.15, 0.2) is 0 Å². The molecule has 3 aliphatic rings. The molecule has 21 heavy (non-hydrogen) atoms. The Morgan fingerprint density at radius 1 is 1.24 bits per heavy atom. The van der Waals surface area contributed by atoms with Crippen LogP contribution in [-0.4, -0.2) is 34.8 Å². The van der Waals surface area contributed by atoms with Crippen LogP contribution in [0.5, 0.6) is 0 Å². The number of carbonyl (C=O) groups excluding carboxylic acids is 2. The molecule has 4 heteroatoms. The summed E-state index contributed by atoms with van der Waals surface area (Å²) in [6, 6.07) is -0.288. The molecule has 4 nitrogen and oxygen atoms in total. The molecule has 0 spiro atoms. The molecule has 118 valence electrons. The third-order valence-electron chi connectivity index (χ3n) is 5.43. The summed E-state index contributed by atoms with van der Waals surface area (Å²) in [5, 5.41) is 3.05. The average Bonchev–Trinajstić information content (AvgIpc) is 3.26. The highest BCUT2D eigenvalue weighted by molar-refractivity contribution is 6.00. The minimum Gasteiger partial charge on any atom is -0.340 e. The van der Waals surface area contributed by atoms with Gasteiger partial charge in [-0.3, -0.25) is 9.59 Å². The molecule has 0 aromatic carbocycles. The number of hydrogen-bond donors (Lipinski definition) is 1. The minimum absolute atomic E-state index is 0.0467. The van der Waals surface area contributed by atoms with Crippen molar-refractivity contribution in [3.8, 4) is 0 Å². The van der Waals surface area contributed by atoms with Gasteiger partial charge in [-0.15, -0.1) is 0 Å². The van der Waals surface area contributed by atoms with E-state index >= 15 is 0 Å². The third kappa shape index (κ3) is 2.82. The Morgan fingerprint density at radius 2 is 1.90 bits per heavy atom. The van der Waals surface area contributed by atoms with Gasteiger partial charge in [-0.25, -0.2) is 0 Å². The van der Waals surface area contributed by atoms with Crippen LogP contribution in [0, 0.1) is 17.8 Å². The van der Waals surface area contributed by atoms with Crippen LogP contribution in [-0.2, 0) is 9.59 Å². The van der Waals surface area contributed by atoms with Crippen LogP contribution >= 0.6 is 0 Å². The quantitative estimate of drug-likeness (QED) is 0.817. The van der Waals surface area contributed by atoms with E-state index in [1.807, 2.05) is 25.7 Å². The molecule has 1 N–H and O–H groups in total. The van der Waals surface area contributed by atoms with E-state index in [4.69, 9.17) is 0 Å². The van der Waals surface area contributed by atoms with Crippen LogP contribution in [0.1, 0.15) is 59.3 Å². The fraction of sp³-hybridized carbons (Fsp3) is 0.882. The van der Waals surface area contributed by atoms with Gasteiger partial charge in [0.25, 0.3) is 0 Å². The van der Waals surface area contributed by atoms with Gasteiger partial charge in [-0.1, -0.05) is 26.7 Å². The highest BCUT2D eigenvalue weighted by Gasteiger charge is 2.55. The van der Waals surface area contributed by atoms with Gasteiger partial charge in [0.2, 0.25) is 11.8 Å². The molecule has 0 radical (unpaired) electrons. The van der Waals surface area contributed by atoms with Gasteiger partial charge in [0, 0.05) is 6.54 Å². The fourth-order valence-electron chi connectivity index (χ4n) is 3.75. The van der Waals surface area contributed by atoms with E-state index in [9.17, 15) is 9.59 Å². The van der Waals surface area contributed by atoms with Gasteiger partial charge in [-0.2, -0.15) is 0 Å². The van der Waals surface area contributed by atoms with E-state index in [0.29, 0.717) is 5.92 Å². The highest BCUT2D eigenvalue weighted by atomic mass is 16.2. The zero-order valence-corrected chi connectivity index (χ0v) is 13.5. The number of nitrogens with zero attached hydrogens (tertiary/aromatic N) is 1. The Hall–Kier alpha value is -1.06. The lowest BCUT2D eigenvalue weighted by Crippen LogP contribution is -2.71. The van der Waals surface area contributed by atoms with E-state index < -0.39 is 5.54 Å². The molecule has 0 aromatic rings. The largest absolute Gasteiger partial charge is 0.340 e. The third-order valence-corrected chi connectivity index (χ3v) is 5.43. The van der Waals surface area contributed by atoms with Gasteiger partial charge in [-0.05, 0) is 50.4 Å². The summed E-state index contributed by atoms with van der Waals surface area (Å²) < 4.78 is 0. The van der Waals surface area contributed by atoms with Crippen LogP contribution in [0.2, 0.25) is 0 Å². The summed E-state index contributed by atoms with van der Waals surface area (Å²) in [6.45, 7) is 6.74. The number of rotatable bonds is 6. The summed E-state index contributed by atoms with van der Waals surface area (Å²) in [5.41, 5.74) is -0.651. The number of amides is 2. The fourth-order valence-corrected chi connectivity index (χ4v) is 3.75. The molecule has 2 amide bonds. The van der Waals surface area contributed by atoms with E-state index in [2.05, 4.69) is 5.32 Å². The summed E-state index contributed by atoms with van der Waals surface area (Å²) in [5.74, 6) is 1.59. The molecule has 2 atom stereocenters. The first-order valence-electron chi connectivity index (χ1n) is 8.56. The SMILES string of the molecule is CC(C)C1C(=O)NC(C)(C2CC2)C(=O)N1CCCC1CC1. The van der Waals surface area contributed by atoms with Crippen molar-refractivity contribution in [3.63, 3.8) is 0 Å². The molecule has 1 saturated heterocycles. The molecule has 0 bridgehead atoms. The monoisotopic (exact) mass is 292 g/mol. The molecule has 1 aliphatic heterocycles. The van der Waals surface area contributed by atoms with Crippen molar-refractivity contribution >= 4 is 11.8 Å². The second-order valence-electron chi connectivity index (χ2n) is 7.74. The topological polar surface area (TPSA) is 49.4 Å². The summed E-state index contributed by atoms with van der Waals surface area (Å²) in [6.07, 6.45) is 7.06. The van der Waals surface area contributed by atoms with E-state index in [1.54, 1.807) is 0 Å². The second kappa shape index (κ2) is 5.29. The molecule has 2 unspecified atom stereocenters. The maximum atomic E-state index is 13.0. The van der Waals surface area contributed by atoms with Crippen molar-refractivity contribution in [1.82, 2.24) is 10.2 Å². The van der Waals surface area contributed by atoms with E-state index in [1.165, 1.54) is 19.3 Å². The first-order chi connectivity index (χ1) is 9.93. The smallest absolute Gasteiger partial charge is 0.249 e. The van der Waals surface area contributed by atoms with Crippen molar-refractivity contribution in [3.05, 3.63) is 0 Å². The summed E-state index contributed by atoms with van der Waals surface area (Å²) >= 11 is 0. The van der Waals surface area contributed by atoms with Gasteiger partial charge >= 0.3 is 0 Å². The minimum atomic E-state index is -0.651. The first kappa shape index (κ1) is 14.9. The van der Waals surface area contributed by atoms with Crippen LogP contribution < -0.4 is 5.32 Å². The number of hydrogen-bond acceptors (Lipinski definition) is 2. The maximum Gasteiger partial charge on any atom is 0.249 e. The van der Waals surface area contributed by atoms with Gasteiger partial charge in [0.05, 0.1) is 0 Å². The van der Waals surface area contributed by atoms with Crippen LogP contribution in [0.4, 0.5) is 0 Å².